The number of hydrogen-bond donors (Lipinski definition) is 2. The molecular weight excluding hydrogens is 216 g/mol. The highest BCUT2D eigenvalue weighted by molar-refractivity contribution is 5.43. The van der Waals surface area contributed by atoms with Crippen molar-refractivity contribution >= 4 is 5.82 Å². The minimum atomic E-state index is -0.0415. The van der Waals surface area contributed by atoms with Gasteiger partial charge in [0.05, 0.1) is 6.61 Å². The first-order chi connectivity index (χ1) is 8.33. The monoisotopic (exact) mass is 230 g/mol. The summed E-state index contributed by atoms with van der Waals surface area (Å²) < 4.78 is 5.70. The molecule has 4 heteroatoms. The summed E-state index contributed by atoms with van der Waals surface area (Å²) in [6, 6.07) is 11.0. The Hall–Kier alpha value is -2.07. The van der Waals surface area contributed by atoms with Gasteiger partial charge in [-0.05, 0) is 12.1 Å². The molecule has 88 valence electrons. The largest absolute Gasteiger partial charge is 0.457 e. The second-order valence-electron chi connectivity index (χ2n) is 3.49. The quantitative estimate of drug-likeness (QED) is 0.846. The topological polar surface area (TPSA) is 54.4 Å². The number of nitrogens with one attached hydrogen (secondary N) is 1. The minimum Gasteiger partial charge on any atom is -0.457 e. The number of aliphatic hydroxyl groups excluding tert-OH is 1. The number of ether oxygens (including phenoxy) is 1. The number of para-hydroxylation sites is 1. The fraction of sp³-hybridized carbons (Fsp3) is 0.154. The molecule has 0 radical (unpaired) electrons. The third-order valence-corrected chi connectivity index (χ3v) is 2.36. The predicted octanol–water partition coefficient (Wildman–Crippen LogP) is 2.41. The van der Waals surface area contributed by atoms with Gasteiger partial charge in [-0.25, -0.2) is 4.98 Å². The SMILES string of the molecule is CNc1cc(Oc2ccccc2CO)ccn1. The standard InChI is InChI=1S/C13H14N2O2/c1-14-13-8-11(6-7-15-13)17-12-5-3-2-4-10(12)9-16/h2-8,16H,9H2,1H3,(H,14,15). The van der Waals surface area contributed by atoms with E-state index in [2.05, 4.69) is 10.3 Å². The van der Waals surface area contributed by atoms with Gasteiger partial charge in [0.15, 0.2) is 0 Å². The minimum absolute atomic E-state index is 0.0415. The van der Waals surface area contributed by atoms with E-state index in [9.17, 15) is 5.11 Å². The molecule has 0 unspecified atom stereocenters. The van der Waals surface area contributed by atoms with E-state index < -0.39 is 0 Å². The fourth-order valence-electron chi connectivity index (χ4n) is 1.47. The van der Waals surface area contributed by atoms with Crippen molar-refractivity contribution in [3.8, 4) is 11.5 Å². The van der Waals surface area contributed by atoms with Crippen LogP contribution in [-0.4, -0.2) is 17.1 Å². The zero-order chi connectivity index (χ0) is 12.1. The molecule has 0 aliphatic carbocycles. The normalized spacial score (nSPS) is 10.0. The van der Waals surface area contributed by atoms with Gasteiger partial charge >= 0.3 is 0 Å². The molecule has 0 atom stereocenters. The van der Waals surface area contributed by atoms with Crippen molar-refractivity contribution in [1.82, 2.24) is 4.98 Å². The number of benzene rings is 1. The predicted molar refractivity (Wildman–Crippen MR) is 66.2 cm³/mol. The maximum atomic E-state index is 9.19. The van der Waals surface area contributed by atoms with Crippen molar-refractivity contribution in [2.75, 3.05) is 12.4 Å². The molecule has 0 spiro atoms. The Morgan fingerprint density at radius 1 is 1.29 bits per heavy atom. The molecule has 2 rings (SSSR count). The molecule has 0 saturated heterocycles. The molecule has 0 aliphatic rings. The third-order valence-electron chi connectivity index (χ3n) is 2.36. The number of aliphatic hydroxyl groups is 1. The summed E-state index contributed by atoms with van der Waals surface area (Å²) in [5.74, 6) is 2.08. The van der Waals surface area contributed by atoms with Crippen LogP contribution in [0.4, 0.5) is 5.82 Å². The van der Waals surface area contributed by atoms with Crippen LogP contribution < -0.4 is 10.1 Å². The van der Waals surface area contributed by atoms with Gasteiger partial charge in [0.2, 0.25) is 0 Å². The van der Waals surface area contributed by atoms with E-state index in [0.29, 0.717) is 11.5 Å². The molecule has 4 nitrogen and oxygen atoms in total. The van der Waals surface area contributed by atoms with Crippen molar-refractivity contribution in [3.05, 3.63) is 48.2 Å². The number of nitrogens with zero attached hydrogens (tertiary/aromatic N) is 1. The maximum Gasteiger partial charge on any atom is 0.132 e. The molecule has 0 saturated carbocycles. The fourth-order valence-corrected chi connectivity index (χ4v) is 1.47. The van der Waals surface area contributed by atoms with Gasteiger partial charge in [-0.15, -0.1) is 0 Å². The number of rotatable bonds is 4. The van der Waals surface area contributed by atoms with Crippen LogP contribution in [0.2, 0.25) is 0 Å². The van der Waals surface area contributed by atoms with Crippen LogP contribution in [0.1, 0.15) is 5.56 Å². The van der Waals surface area contributed by atoms with Crippen molar-refractivity contribution in [1.29, 1.82) is 0 Å². The van der Waals surface area contributed by atoms with Gasteiger partial charge in [0.1, 0.15) is 17.3 Å². The van der Waals surface area contributed by atoms with Crippen LogP contribution in [0.15, 0.2) is 42.6 Å². The van der Waals surface area contributed by atoms with Gasteiger partial charge in [0, 0.05) is 24.9 Å². The Morgan fingerprint density at radius 2 is 2.12 bits per heavy atom. The molecule has 1 aromatic carbocycles. The zero-order valence-electron chi connectivity index (χ0n) is 9.55. The summed E-state index contributed by atoms with van der Waals surface area (Å²) in [5.41, 5.74) is 0.760. The van der Waals surface area contributed by atoms with Crippen LogP contribution in [0, 0.1) is 0 Å². The van der Waals surface area contributed by atoms with Gasteiger partial charge < -0.3 is 15.2 Å². The average molecular weight is 230 g/mol. The Morgan fingerprint density at radius 3 is 2.88 bits per heavy atom. The van der Waals surface area contributed by atoms with E-state index in [1.807, 2.05) is 24.3 Å². The highest BCUT2D eigenvalue weighted by atomic mass is 16.5. The molecule has 2 N–H and O–H groups in total. The highest BCUT2D eigenvalue weighted by Gasteiger charge is 2.03. The van der Waals surface area contributed by atoms with E-state index in [-0.39, 0.29) is 6.61 Å². The Balaban J connectivity index is 2.24. The smallest absolute Gasteiger partial charge is 0.132 e. The molecule has 0 aliphatic heterocycles. The van der Waals surface area contributed by atoms with E-state index in [4.69, 9.17) is 4.74 Å². The number of pyridine rings is 1. The molecule has 0 fully saturated rings. The van der Waals surface area contributed by atoms with E-state index in [1.165, 1.54) is 0 Å². The Labute approximate surface area is 99.9 Å². The van der Waals surface area contributed by atoms with Gasteiger partial charge in [-0.1, -0.05) is 18.2 Å². The molecular formula is C13H14N2O2. The zero-order valence-corrected chi connectivity index (χ0v) is 9.55. The van der Waals surface area contributed by atoms with Crippen LogP contribution in [0.25, 0.3) is 0 Å². The Bertz CT molecular complexity index is 500. The molecule has 1 heterocycles. The summed E-state index contributed by atoms with van der Waals surface area (Å²) in [6.45, 7) is -0.0415. The lowest BCUT2D eigenvalue weighted by molar-refractivity contribution is 0.276. The lowest BCUT2D eigenvalue weighted by Gasteiger charge is -2.10. The number of aromatic nitrogens is 1. The van der Waals surface area contributed by atoms with Crippen molar-refractivity contribution in [3.63, 3.8) is 0 Å². The van der Waals surface area contributed by atoms with Crippen LogP contribution in [-0.2, 0) is 6.61 Å². The summed E-state index contributed by atoms with van der Waals surface area (Å²) in [7, 11) is 1.80. The van der Waals surface area contributed by atoms with E-state index >= 15 is 0 Å². The van der Waals surface area contributed by atoms with Crippen LogP contribution in [0.5, 0.6) is 11.5 Å². The molecule has 2 aromatic rings. The Kier molecular flexibility index (Phi) is 3.57. The summed E-state index contributed by atoms with van der Waals surface area (Å²) >= 11 is 0. The van der Waals surface area contributed by atoms with Crippen molar-refractivity contribution in [2.45, 2.75) is 6.61 Å². The molecule has 0 bridgehead atoms. The average Bonchev–Trinajstić information content (AvgIpc) is 2.39. The van der Waals surface area contributed by atoms with E-state index in [0.717, 1.165) is 11.4 Å². The molecule has 1 aromatic heterocycles. The third kappa shape index (κ3) is 2.73. The first-order valence-corrected chi connectivity index (χ1v) is 5.34. The first-order valence-electron chi connectivity index (χ1n) is 5.34. The summed E-state index contributed by atoms with van der Waals surface area (Å²) in [4.78, 5) is 4.10. The second kappa shape index (κ2) is 5.32. The number of hydrogen-bond acceptors (Lipinski definition) is 4. The highest BCUT2D eigenvalue weighted by Crippen LogP contribution is 2.26. The van der Waals surface area contributed by atoms with Gasteiger partial charge in [-0.3, -0.25) is 0 Å². The van der Waals surface area contributed by atoms with Crippen LogP contribution in [0.3, 0.4) is 0 Å². The molecule has 0 amide bonds. The van der Waals surface area contributed by atoms with Crippen molar-refractivity contribution < 1.29 is 9.84 Å². The van der Waals surface area contributed by atoms with Crippen molar-refractivity contribution in [2.24, 2.45) is 0 Å². The lowest BCUT2D eigenvalue weighted by Crippen LogP contribution is -1.94. The lowest BCUT2D eigenvalue weighted by atomic mass is 10.2. The maximum absolute atomic E-state index is 9.19. The first kappa shape index (κ1) is 11.4. The van der Waals surface area contributed by atoms with Gasteiger partial charge in [-0.2, -0.15) is 0 Å². The molecule has 17 heavy (non-hydrogen) atoms. The van der Waals surface area contributed by atoms with Gasteiger partial charge in [0.25, 0.3) is 0 Å². The number of anilines is 1. The second-order valence-corrected chi connectivity index (χ2v) is 3.49. The van der Waals surface area contributed by atoms with Crippen LogP contribution >= 0.6 is 0 Å². The summed E-state index contributed by atoms with van der Waals surface area (Å²) in [5, 5.41) is 12.1. The summed E-state index contributed by atoms with van der Waals surface area (Å²) in [6.07, 6.45) is 1.67. The van der Waals surface area contributed by atoms with E-state index in [1.54, 1.807) is 25.4 Å².